The molecular weight excluding hydrogens is 379 g/mol. The molecule has 0 aliphatic rings. The molecule has 0 saturated heterocycles. The Balaban J connectivity index is 2.11. The summed E-state index contributed by atoms with van der Waals surface area (Å²) in [5.74, 6) is -0.796. The quantitative estimate of drug-likeness (QED) is 0.605. The topological polar surface area (TPSA) is 59.4 Å². The van der Waals surface area contributed by atoms with Crippen LogP contribution in [0.25, 0.3) is 10.9 Å². The standard InChI is InChI=1S/C19H14F3NO3S/c1-26-12-7-8-13-14(19(20,21)22)10-16(23-15(13)9-12)27-17(18(24)25)11-5-3-2-4-6-11/h2-10,17H,1H3,(H,24,25)/t17-/m0/s1. The molecule has 0 bridgehead atoms. The maximum atomic E-state index is 13.5. The fraction of sp³-hybridized carbons (Fsp3) is 0.158. The third-order valence-electron chi connectivity index (χ3n) is 3.86. The van der Waals surface area contributed by atoms with E-state index in [1.54, 1.807) is 30.3 Å². The van der Waals surface area contributed by atoms with E-state index in [2.05, 4.69) is 4.98 Å². The van der Waals surface area contributed by atoms with E-state index in [1.165, 1.54) is 25.3 Å². The molecule has 0 saturated carbocycles. The number of aliphatic carboxylic acids is 1. The Bertz CT molecular complexity index is 977. The van der Waals surface area contributed by atoms with Crippen molar-refractivity contribution < 1.29 is 27.8 Å². The van der Waals surface area contributed by atoms with Crippen molar-refractivity contribution in [2.45, 2.75) is 16.5 Å². The van der Waals surface area contributed by atoms with Gasteiger partial charge in [0.05, 0.1) is 23.2 Å². The van der Waals surface area contributed by atoms with E-state index in [1.807, 2.05) is 0 Å². The van der Waals surface area contributed by atoms with Gasteiger partial charge in [0.25, 0.3) is 0 Å². The van der Waals surface area contributed by atoms with Crippen LogP contribution < -0.4 is 4.74 Å². The molecule has 8 heteroatoms. The van der Waals surface area contributed by atoms with Crippen LogP contribution in [0.15, 0.2) is 59.6 Å². The summed E-state index contributed by atoms with van der Waals surface area (Å²) < 4.78 is 45.6. The number of carboxylic acid groups (broad SMARTS) is 1. The highest BCUT2D eigenvalue weighted by molar-refractivity contribution is 8.00. The van der Waals surface area contributed by atoms with Gasteiger partial charge in [0.15, 0.2) is 0 Å². The highest BCUT2D eigenvalue weighted by Gasteiger charge is 2.34. The zero-order valence-electron chi connectivity index (χ0n) is 14.0. The van der Waals surface area contributed by atoms with E-state index in [4.69, 9.17) is 4.74 Å². The normalized spacial score (nSPS) is 12.7. The maximum absolute atomic E-state index is 13.5. The SMILES string of the molecule is COc1ccc2c(C(F)(F)F)cc(S[C@H](C(=O)O)c3ccccc3)nc2c1. The zero-order chi connectivity index (χ0) is 19.6. The van der Waals surface area contributed by atoms with Gasteiger partial charge in [0, 0.05) is 11.5 Å². The number of pyridine rings is 1. The van der Waals surface area contributed by atoms with Gasteiger partial charge in [-0.1, -0.05) is 42.1 Å². The third-order valence-corrected chi connectivity index (χ3v) is 5.02. The van der Waals surface area contributed by atoms with Crippen LogP contribution in [-0.2, 0) is 11.0 Å². The van der Waals surface area contributed by atoms with E-state index < -0.39 is 23.0 Å². The Kier molecular flexibility index (Phi) is 5.27. The molecule has 3 rings (SSSR count). The molecule has 3 aromatic rings. The smallest absolute Gasteiger partial charge is 0.417 e. The van der Waals surface area contributed by atoms with Crippen LogP contribution in [-0.4, -0.2) is 23.2 Å². The van der Waals surface area contributed by atoms with Crippen molar-refractivity contribution in [3.8, 4) is 5.75 Å². The van der Waals surface area contributed by atoms with Gasteiger partial charge in [-0.05, 0) is 23.8 Å². The maximum Gasteiger partial charge on any atom is 0.417 e. The van der Waals surface area contributed by atoms with Crippen LogP contribution in [0.3, 0.4) is 0 Å². The lowest BCUT2D eigenvalue weighted by atomic mass is 10.1. The minimum Gasteiger partial charge on any atom is -0.497 e. The average Bonchev–Trinajstić information content (AvgIpc) is 2.64. The minimum absolute atomic E-state index is 0.0284. The van der Waals surface area contributed by atoms with Crippen molar-refractivity contribution in [2.24, 2.45) is 0 Å². The summed E-state index contributed by atoms with van der Waals surface area (Å²) in [5.41, 5.74) is -0.310. The van der Waals surface area contributed by atoms with Crippen molar-refractivity contribution in [2.75, 3.05) is 7.11 Å². The lowest BCUT2D eigenvalue weighted by Gasteiger charge is -2.16. The summed E-state index contributed by atoms with van der Waals surface area (Å²) in [6.45, 7) is 0. The number of rotatable bonds is 5. The Morgan fingerprint density at radius 1 is 1.15 bits per heavy atom. The van der Waals surface area contributed by atoms with Gasteiger partial charge in [-0.3, -0.25) is 4.79 Å². The number of hydrogen-bond acceptors (Lipinski definition) is 4. The number of aromatic nitrogens is 1. The number of hydrogen-bond donors (Lipinski definition) is 1. The fourth-order valence-corrected chi connectivity index (χ4v) is 3.59. The zero-order valence-corrected chi connectivity index (χ0v) is 14.8. The molecule has 0 unspecified atom stereocenters. The second kappa shape index (κ2) is 7.48. The highest BCUT2D eigenvalue weighted by Crippen LogP contribution is 2.41. The molecule has 0 fully saturated rings. The molecule has 2 aromatic carbocycles. The number of fused-ring (bicyclic) bond motifs is 1. The van der Waals surface area contributed by atoms with Gasteiger partial charge in [-0.2, -0.15) is 13.2 Å². The molecule has 1 N–H and O–H groups in total. The van der Waals surface area contributed by atoms with Gasteiger partial charge in [0.1, 0.15) is 11.0 Å². The average molecular weight is 393 g/mol. The Morgan fingerprint density at radius 2 is 1.85 bits per heavy atom. The lowest BCUT2D eigenvalue weighted by Crippen LogP contribution is -2.10. The summed E-state index contributed by atoms with van der Waals surface area (Å²) in [5, 5.41) is 8.34. The predicted octanol–water partition coefficient (Wildman–Crippen LogP) is 5.18. The number of benzene rings is 2. The van der Waals surface area contributed by atoms with E-state index in [9.17, 15) is 23.1 Å². The summed E-state index contributed by atoms with van der Waals surface area (Å²) in [6.07, 6.45) is -4.60. The van der Waals surface area contributed by atoms with Crippen LogP contribution in [0, 0.1) is 0 Å². The summed E-state index contributed by atoms with van der Waals surface area (Å²) in [7, 11) is 1.40. The van der Waals surface area contributed by atoms with Crippen molar-refractivity contribution in [3.63, 3.8) is 0 Å². The Morgan fingerprint density at radius 3 is 2.44 bits per heavy atom. The molecular formula is C19H14F3NO3S. The van der Waals surface area contributed by atoms with Gasteiger partial charge in [-0.25, -0.2) is 4.98 Å². The molecule has 0 aliphatic carbocycles. The molecule has 140 valence electrons. The van der Waals surface area contributed by atoms with E-state index in [0.29, 0.717) is 11.3 Å². The molecule has 1 atom stereocenters. The first kappa shape index (κ1) is 19.0. The van der Waals surface area contributed by atoms with E-state index >= 15 is 0 Å². The Labute approximate surface area is 157 Å². The van der Waals surface area contributed by atoms with Crippen LogP contribution in [0.4, 0.5) is 13.2 Å². The van der Waals surface area contributed by atoms with Crippen LogP contribution in [0.5, 0.6) is 5.75 Å². The number of halogens is 3. The highest BCUT2D eigenvalue weighted by atomic mass is 32.2. The monoisotopic (exact) mass is 393 g/mol. The summed E-state index contributed by atoms with van der Waals surface area (Å²) in [4.78, 5) is 15.9. The first-order valence-electron chi connectivity index (χ1n) is 7.80. The van der Waals surface area contributed by atoms with E-state index in [-0.39, 0.29) is 15.9 Å². The number of carboxylic acids is 1. The molecule has 1 heterocycles. The summed E-state index contributed by atoms with van der Waals surface area (Å²) in [6, 6.07) is 13.3. The number of nitrogens with zero attached hydrogens (tertiary/aromatic N) is 1. The molecule has 4 nitrogen and oxygen atoms in total. The number of alkyl halides is 3. The minimum atomic E-state index is -4.60. The summed E-state index contributed by atoms with van der Waals surface area (Å²) >= 11 is 0.757. The molecule has 1 aromatic heterocycles. The van der Waals surface area contributed by atoms with Gasteiger partial charge < -0.3 is 9.84 Å². The first-order valence-corrected chi connectivity index (χ1v) is 8.68. The predicted molar refractivity (Wildman–Crippen MR) is 96.0 cm³/mol. The van der Waals surface area contributed by atoms with Gasteiger partial charge >= 0.3 is 12.1 Å². The van der Waals surface area contributed by atoms with Crippen molar-refractivity contribution in [1.29, 1.82) is 0 Å². The number of carbonyl (C=O) groups is 1. The molecule has 0 amide bonds. The number of ether oxygens (including phenoxy) is 1. The Hall–Kier alpha value is -2.74. The largest absolute Gasteiger partial charge is 0.497 e. The molecule has 0 spiro atoms. The van der Waals surface area contributed by atoms with E-state index in [0.717, 1.165) is 17.8 Å². The van der Waals surface area contributed by atoms with Gasteiger partial charge in [0.2, 0.25) is 0 Å². The number of methoxy groups -OCH3 is 1. The molecule has 0 aliphatic heterocycles. The second-order valence-corrected chi connectivity index (χ2v) is 6.76. The third kappa shape index (κ3) is 4.16. The van der Waals surface area contributed by atoms with Gasteiger partial charge in [-0.15, -0.1) is 0 Å². The van der Waals surface area contributed by atoms with Crippen LogP contribution >= 0.6 is 11.8 Å². The van der Waals surface area contributed by atoms with Crippen LogP contribution in [0.1, 0.15) is 16.4 Å². The van der Waals surface area contributed by atoms with Crippen LogP contribution in [0.2, 0.25) is 0 Å². The van der Waals surface area contributed by atoms with Crippen molar-refractivity contribution >= 4 is 28.6 Å². The molecule has 27 heavy (non-hydrogen) atoms. The first-order chi connectivity index (χ1) is 12.8. The molecule has 0 radical (unpaired) electrons. The second-order valence-electron chi connectivity index (χ2n) is 5.64. The van der Waals surface area contributed by atoms with Crippen molar-refractivity contribution in [3.05, 3.63) is 65.7 Å². The number of thioether (sulfide) groups is 1. The lowest BCUT2D eigenvalue weighted by molar-refractivity contribution is -0.137. The fourth-order valence-electron chi connectivity index (χ4n) is 2.62. The van der Waals surface area contributed by atoms with Crippen molar-refractivity contribution in [1.82, 2.24) is 4.98 Å².